The van der Waals surface area contributed by atoms with E-state index in [4.69, 9.17) is 12.2 Å². The largest absolute Gasteiger partial charge is 0.359 e. The van der Waals surface area contributed by atoms with Crippen LogP contribution in [-0.4, -0.2) is 45.7 Å². The van der Waals surface area contributed by atoms with Crippen molar-refractivity contribution in [1.82, 2.24) is 25.0 Å². The fourth-order valence-electron chi connectivity index (χ4n) is 3.10. The number of aromatic nitrogens is 3. The number of likely N-dealkylation sites (tertiary alicyclic amines) is 1. The van der Waals surface area contributed by atoms with Gasteiger partial charge in [0.15, 0.2) is 5.82 Å². The average molecular weight is 345 g/mol. The molecule has 6 nitrogen and oxygen atoms in total. The van der Waals surface area contributed by atoms with E-state index in [2.05, 4.69) is 39.4 Å². The zero-order valence-electron chi connectivity index (χ0n) is 14.1. The van der Waals surface area contributed by atoms with Crippen molar-refractivity contribution in [2.45, 2.75) is 26.4 Å². The van der Waals surface area contributed by atoms with Crippen LogP contribution in [0.15, 0.2) is 24.3 Å². The van der Waals surface area contributed by atoms with Crippen LogP contribution < -0.4 is 5.32 Å². The summed E-state index contributed by atoms with van der Waals surface area (Å²) in [5.41, 5.74) is 2.23. The first kappa shape index (κ1) is 16.9. The van der Waals surface area contributed by atoms with E-state index in [1.54, 1.807) is 7.05 Å². The molecular formula is C17H23N5OS. The zero-order chi connectivity index (χ0) is 17.1. The number of H-pyrrole nitrogens is 1. The third kappa shape index (κ3) is 3.73. The number of aromatic amines is 1. The number of piperidine rings is 1. The van der Waals surface area contributed by atoms with Crippen LogP contribution in [0, 0.1) is 17.6 Å². The first-order valence-electron chi connectivity index (χ1n) is 8.24. The highest BCUT2D eigenvalue weighted by Crippen LogP contribution is 2.19. The lowest BCUT2D eigenvalue weighted by molar-refractivity contribution is -0.126. The van der Waals surface area contributed by atoms with Gasteiger partial charge in [0.25, 0.3) is 0 Å². The smallest absolute Gasteiger partial charge is 0.224 e. The van der Waals surface area contributed by atoms with Crippen LogP contribution in [-0.2, 0) is 11.5 Å². The van der Waals surface area contributed by atoms with Gasteiger partial charge < -0.3 is 5.32 Å². The Balaban J connectivity index is 1.73. The third-order valence-electron chi connectivity index (χ3n) is 4.47. The van der Waals surface area contributed by atoms with Gasteiger partial charge in [0.05, 0.1) is 12.6 Å². The Bertz CT molecular complexity index is 764. The van der Waals surface area contributed by atoms with Gasteiger partial charge in [-0.05, 0) is 38.5 Å². The summed E-state index contributed by atoms with van der Waals surface area (Å²) in [5.74, 6) is 0.950. The second-order valence-corrected chi connectivity index (χ2v) is 6.69. The Morgan fingerprint density at radius 2 is 2.17 bits per heavy atom. The lowest BCUT2D eigenvalue weighted by atomic mass is 9.97. The quantitative estimate of drug-likeness (QED) is 0.835. The molecule has 2 heterocycles. The molecule has 3 rings (SSSR count). The van der Waals surface area contributed by atoms with Crippen LogP contribution in [0.2, 0.25) is 0 Å². The molecule has 2 N–H and O–H groups in total. The van der Waals surface area contributed by atoms with Gasteiger partial charge in [-0.2, -0.15) is 4.98 Å². The molecule has 1 aromatic heterocycles. The minimum absolute atomic E-state index is 0.0532. The fraction of sp³-hybridized carbons (Fsp3) is 0.471. The van der Waals surface area contributed by atoms with Gasteiger partial charge in [0.2, 0.25) is 10.7 Å². The minimum atomic E-state index is 0.0532. The normalized spacial score (nSPS) is 18.5. The van der Waals surface area contributed by atoms with Gasteiger partial charge in [-0.25, -0.2) is 4.68 Å². The van der Waals surface area contributed by atoms with Gasteiger partial charge in [-0.15, -0.1) is 0 Å². The number of carbonyl (C=O) groups excluding carboxylic acids is 1. The summed E-state index contributed by atoms with van der Waals surface area (Å²) in [7, 11) is 1.69. The van der Waals surface area contributed by atoms with Crippen LogP contribution in [0.3, 0.4) is 0 Å². The lowest BCUT2D eigenvalue weighted by Crippen LogP contribution is -2.42. The number of hydrogen-bond donors (Lipinski definition) is 2. The predicted molar refractivity (Wildman–Crippen MR) is 95.9 cm³/mol. The van der Waals surface area contributed by atoms with Crippen molar-refractivity contribution < 1.29 is 4.79 Å². The standard InChI is InChI=1S/C17H23N5OS/c1-12-5-7-13(8-6-12)15-19-17(24)22(20-15)11-21-9-3-4-14(10-21)16(23)18-2/h5-8,14H,3-4,9-11H2,1-2H3,(H,18,23)(H,19,20,24)/t14-/m1/s1. The molecular weight excluding hydrogens is 322 g/mol. The summed E-state index contributed by atoms with van der Waals surface area (Å²) in [4.78, 5) is 18.6. The van der Waals surface area contributed by atoms with E-state index in [0.29, 0.717) is 11.4 Å². The van der Waals surface area contributed by atoms with E-state index in [1.807, 2.05) is 16.8 Å². The molecule has 7 heteroatoms. The molecule has 1 aliphatic heterocycles. The molecule has 1 aromatic carbocycles. The Kier molecular flexibility index (Phi) is 5.11. The van der Waals surface area contributed by atoms with E-state index in [-0.39, 0.29) is 11.8 Å². The number of aryl methyl sites for hydroxylation is 1. The number of hydrogen-bond acceptors (Lipinski definition) is 4. The summed E-state index contributed by atoms with van der Waals surface area (Å²) >= 11 is 5.39. The maximum Gasteiger partial charge on any atom is 0.224 e. The van der Waals surface area contributed by atoms with Crippen LogP contribution in [0.1, 0.15) is 18.4 Å². The SMILES string of the molecule is CNC(=O)[C@@H]1CCCN(Cn2[nH]c(-c3ccc(C)cc3)nc2=S)C1. The third-order valence-corrected chi connectivity index (χ3v) is 4.78. The molecule has 1 aliphatic rings. The molecule has 0 radical (unpaired) electrons. The molecule has 1 atom stereocenters. The number of benzene rings is 1. The Morgan fingerprint density at radius 1 is 1.42 bits per heavy atom. The van der Waals surface area contributed by atoms with Gasteiger partial charge >= 0.3 is 0 Å². The van der Waals surface area contributed by atoms with Crippen LogP contribution >= 0.6 is 12.2 Å². The Labute approximate surface area is 146 Å². The summed E-state index contributed by atoms with van der Waals surface area (Å²) in [6.45, 7) is 4.41. The Morgan fingerprint density at radius 3 is 2.88 bits per heavy atom. The molecule has 1 fully saturated rings. The average Bonchev–Trinajstić information content (AvgIpc) is 2.95. The highest BCUT2D eigenvalue weighted by atomic mass is 32.1. The summed E-state index contributed by atoms with van der Waals surface area (Å²) in [6, 6.07) is 8.19. The number of amides is 1. The summed E-state index contributed by atoms with van der Waals surface area (Å²) < 4.78 is 2.41. The molecule has 128 valence electrons. The molecule has 24 heavy (non-hydrogen) atoms. The van der Waals surface area contributed by atoms with Crippen LogP contribution in [0.4, 0.5) is 0 Å². The van der Waals surface area contributed by atoms with Crippen molar-refractivity contribution in [2.24, 2.45) is 5.92 Å². The molecule has 2 aromatic rings. The second kappa shape index (κ2) is 7.27. The minimum Gasteiger partial charge on any atom is -0.359 e. The van der Waals surface area contributed by atoms with E-state index >= 15 is 0 Å². The monoisotopic (exact) mass is 345 g/mol. The summed E-state index contributed by atoms with van der Waals surface area (Å²) in [5, 5.41) is 6.03. The van der Waals surface area contributed by atoms with Crippen molar-refractivity contribution in [2.75, 3.05) is 20.1 Å². The molecule has 0 unspecified atom stereocenters. The topological polar surface area (TPSA) is 66.0 Å². The van der Waals surface area contributed by atoms with Gasteiger partial charge in [-0.1, -0.05) is 29.8 Å². The maximum absolute atomic E-state index is 11.9. The van der Waals surface area contributed by atoms with Gasteiger partial charge in [0.1, 0.15) is 0 Å². The van der Waals surface area contributed by atoms with Gasteiger partial charge in [-0.3, -0.25) is 14.8 Å². The molecule has 0 aliphatic carbocycles. The maximum atomic E-state index is 11.9. The molecule has 0 bridgehead atoms. The zero-order valence-corrected chi connectivity index (χ0v) is 14.9. The fourth-order valence-corrected chi connectivity index (χ4v) is 3.29. The first-order valence-corrected chi connectivity index (χ1v) is 8.65. The highest BCUT2D eigenvalue weighted by Gasteiger charge is 2.25. The lowest BCUT2D eigenvalue weighted by Gasteiger charge is -2.31. The van der Waals surface area contributed by atoms with Crippen molar-refractivity contribution in [3.8, 4) is 11.4 Å². The van der Waals surface area contributed by atoms with E-state index < -0.39 is 0 Å². The van der Waals surface area contributed by atoms with E-state index in [9.17, 15) is 4.79 Å². The van der Waals surface area contributed by atoms with E-state index in [1.165, 1.54) is 5.56 Å². The molecule has 1 amide bonds. The van der Waals surface area contributed by atoms with Crippen LogP contribution in [0.25, 0.3) is 11.4 Å². The number of rotatable bonds is 4. The molecule has 0 spiro atoms. The number of carbonyl (C=O) groups is 1. The van der Waals surface area contributed by atoms with E-state index in [0.717, 1.165) is 37.3 Å². The van der Waals surface area contributed by atoms with Crippen molar-refractivity contribution in [3.63, 3.8) is 0 Å². The first-order chi connectivity index (χ1) is 11.6. The van der Waals surface area contributed by atoms with Crippen molar-refractivity contribution in [1.29, 1.82) is 0 Å². The number of nitrogens with zero attached hydrogens (tertiary/aromatic N) is 3. The Hall–Kier alpha value is -1.99. The predicted octanol–water partition coefficient (Wildman–Crippen LogP) is 2.33. The highest BCUT2D eigenvalue weighted by molar-refractivity contribution is 7.71. The summed E-state index contributed by atoms with van der Waals surface area (Å²) in [6.07, 6.45) is 1.96. The number of nitrogens with one attached hydrogen (secondary N) is 2. The van der Waals surface area contributed by atoms with Crippen molar-refractivity contribution >= 4 is 18.1 Å². The molecule has 1 saturated heterocycles. The van der Waals surface area contributed by atoms with Crippen LogP contribution in [0.5, 0.6) is 0 Å². The second-order valence-electron chi connectivity index (χ2n) is 6.32. The van der Waals surface area contributed by atoms with Gasteiger partial charge in [0, 0.05) is 19.2 Å². The van der Waals surface area contributed by atoms with Crippen molar-refractivity contribution in [3.05, 3.63) is 34.6 Å². The molecule has 0 saturated carbocycles.